The van der Waals surface area contributed by atoms with Crippen LogP contribution in [0, 0.1) is 5.92 Å². The second kappa shape index (κ2) is 3.18. The fourth-order valence-electron chi connectivity index (χ4n) is 2.49. The number of rotatable bonds is 2. The minimum absolute atomic E-state index is 0.407. The Morgan fingerprint density at radius 1 is 1.69 bits per heavy atom. The molecule has 2 rings (SSSR count). The number of hydrogen-bond donors (Lipinski definition) is 1. The van der Waals surface area contributed by atoms with E-state index in [4.69, 9.17) is 4.42 Å². The molecule has 2 atom stereocenters. The Morgan fingerprint density at radius 2 is 2.54 bits per heavy atom. The molecule has 1 N–H and O–H groups in total. The molecule has 1 aromatic rings. The third-order valence-electron chi connectivity index (χ3n) is 3.30. The molecular weight excluding hydrogens is 164 g/mol. The first kappa shape index (κ1) is 8.82. The van der Waals surface area contributed by atoms with Gasteiger partial charge in [0.1, 0.15) is 0 Å². The lowest BCUT2D eigenvalue weighted by molar-refractivity contribution is -0.00436. The molecule has 2 nitrogen and oxygen atoms in total. The Hall–Kier alpha value is -0.760. The third kappa shape index (κ3) is 1.29. The molecule has 0 saturated heterocycles. The van der Waals surface area contributed by atoms with E-state index in [0.29, 0.717) is 5.92 Å². The Kier molecular flexibility index (Phi) is 2.16. The average Bonchev–Trinajstić information content (AvgIpc) is 2.72. The zero-order valence-electron chi connectivity index (χ0n) is 7.99. The maximum Gasteiger partial charge on any atom is 0.0963 e. The second-order valence-corrected chi connectivity index (χ2v) is 3.93. The minimum Gasteiger partial charge on any atom is -0.472 e. The molecule has 13 heavy (non-hydrogen) atoms. The predicted molar refractivity (Wildman–Crippen MR) is 50.2 cm³/mol. The first-order valence-electron chi connectivity index (χ1n) is 5.02. The molecule has 1 fully saturated rings. The minimum atomic E-state index is -0.609. The lowest BCUT2D eigenvalue weighted by Gasteiger charge is -2.28. The largest absolute Gasteiger partial charge is 0.472 e. The lowest BCUT2D eigenvalue weighted by atomic mass is 9.84. The summed E-state index contributed by atoms with van der Waals surface area (Å²) >= 11 is 0. The van der Waals surface area contributed by atoms with E-state index < -0.39 is 5.60 Å². The summed E-state index contributed by atoms with van der Waals surface area (Å²) < 4.78 is 5.02. The SMILES string of the molecule is CCC1CCCC1(O)c1ccoc1. The van der Waals surface area contributed by atoms with Crippen LogP contribution >= 0.6 is 0 Å². The van der Waals surface area contributed by atoms with Gasteiger partial charge in [-0.2, -0.15) is 0 Å². The van der Waals surface area contributed by atoms with Crippen molar-refractivity contribution >= 4 is 0 Å². The van der Waals surface area contributed by atoms with Crippen LogP contribution in [0.25, 0.3) is 0 Å². The molecule has 72 valence electrons. The van der Waals surface area contributed by atoms with Gasteiger partial charge in [-0.05, 0) is 31.2 Å². The van der Waals surface area contributed by atoms with Gasteiger partial charge in [0.25, 0.3) is 0 Å². The Bertz CT molecular complexity index is 266. The van der Waals surface area contributed by atoms with E-state index in [2.05, 4.69) is 6.92 Å². The van der Waals surface area contributed by atoms with Gasteiger partial charge in [0, 0.05) is 5.56 Å². The molecule has 0 bridgehead atoms. The molecule has 0 spiro atoms. The van der Waals surface area contributed by atoms with Crippen LogP contribution in [0.5, 0.6) is 0 Å². The molecular formula is C11H16O2. The van der Waals surface area contributed by atoms with Gasteiger partial charge in [0.2, 0.25) is 0 Å². The van der Waals surface area contributed by atoms with Crippen molar-refractivity contribution in [2.75, 3.05) is 0 Å². The fourth-order valence-corrected chi connectivity index (χ4v) is 2.49. The quantitative estimate of drug-likeness (QED) is 0.759. The summed E-state index contributed by atoms with van der Waals surface area (Å²) in [5.74, 6) is 0.407. The van der Waals surface area contributed by atoms with Gasteiger partial charge in [0.05, 0.1) is 18.1 Å². The lowest BCUT2D eigenvalue weighted by Crippen LogP contribution is -2.29. The highest BCUT2D eigenvalue weighted by molar-refractivity contribution is 5.19. The van der Waals surface area contributed by atoms with Crippen LogP contribution in [0.2, 0.25) is 0 Å². The van der Waals surface area contributed by atoms with Crippen molar-refractivity contribution in [1.82, 2.24) is 0 Å². The van der Waals surface area contributed by atoms with Crippen LogP contribution in [0.15, 0.2) is 23.0 Å². The standard InChI is InChI=1S/C11H16O2/c1-2-9-4-3-6-11(9,12)10-5-7-13-8-10/h5,7-9,12H,2-4,6H2,1H3. The molecule has 2 heteroatoms. The molecule has 2 unspecified atom stereocenters. The van der Waals surface area contributed by atoms with Crippen molar-refractivity contribution in [1.29, 1.82) is 0 Å². The van der Waals surface area contributed by atoms with E-state index in [0.717, 1.165) is 31.2 Å². The van der Waals surface area contributed by atoms with Crippen LogP contribution in [-0.4, -0.2) is 5.11 Å². The Labute approximate surface area is 78.6 Å². The van der Waals surface area contributed by atoms with Crippen LogP contribution in [0.4, 0.5) is 0 Å². The van der Waals surface area contributed by atoms with E-state index in [1.54, 1.807) is 12.5 Å². The molecule has 0 amide bonds. The normalized spacial score (nSPS) is 33.8. The second-order valence-electron chi connectivity index (χ2n) is 3.93. The summed E-state index contributed by atoms with van der Waals surface area (Å²) in [5.41, 5.74) is 0.346. The zero-order valence-corrected chi connectivity index (χ0v) is 7.99. The number of furan rings is 1. The van der Waals surface area contributed by atoms with Crippen molar-refractivity contribution in [2.45, 2.75) is 38.2 Å². The Balaban J connectivity index is 2.29. The van der Waals surface area contributed by atoms with Crippen molar-refractivity contribution in [3.63, 3.8) is 0 Å². The summed E-state index contributed by atoms with van der Waals surface area (Å²) in [6.45, 7) is 2.14. The van der Waals surface area contributed by atoms with Crippen LogP contribution in [0.3, 0.4) is 0 Å². The van der Waals surface area contributed by atoms with Crippen molar-refractivity contribution in [2.24, 2.45) is 5.92 Å². The van der Waals surface area contributed by atoms with E-state index in [9.17, 15) is 5.11 Å². The molecule has 0 radical (unpaired) electrons. The van der Waals surface area contributed by atoms with Gasteiger partial charge < -0.3 is 9.52 Å². The highest BCUT2D eigenvalue weighted by Crippen LogP contribution is 2.45. The molecule has 1 heterocycles. The van der Waals surface area contributed by atoms with Gasteiger partial charge in [-0.1, -0.05) is 13.3 Å². The highest BCUT2D eigenvalue weighted by atomic mass is 16.3. The van der Waals surface area contributed by atoms with E-state index >= 15 is 0 Å². The van der Waals surface area contributed by atoms with Gasteiger partial charge in [-0.3, -0.25) is 0 Å². The summed E-state index contributed by atoms with van der Waals surface area (Å²) in [5, 5.41) is 10.5. The molecule has 1 aromatic heterocycles. The van der Waals surface area contributed by atoms with E-state index in [1.807, 2.05) is 6.07 Å². The Morgan fingerprint density at radius 3 is 3.15 bits per heavy atom. The van der Waals surface area contributed by atoms with Crippen molar-refractivity contribution < 1.29 is 9.52 Å². The third-order valence-corrected chi connectivity index (χ3v) is 3.30. The molecule has 1 saturated carbocycles. The molecule has 0 aliphatic heterocycles. The van der Waals surface area contributed by atoms with Crippen LogP contribution < -0.4 is 0 Å². The maximum absolute atomic E-state index is 10.5. The highest BCUT2D eigenvalue weighted by Gasteiger charge is 2.41. The van der Waals surface area contributed by atoms with Gasteiger partial charge >= 0.3 is 0 Å². The van der Waals surface area contributed by atoms with Crippen molar-refractivity contribution in [3.8, 4) is 0 Å². The van der Waals surface area contributed by atoms with E-state index in [-0.39, 0.29) is 0 Å². The fraction of sp³-hybridized carbons (Fsp3) is 0.636. The average molecular weight is 180 g/mol. The predicted octanol–water partition coefficient (Wildman–Crippen LogP) is 2.68. The topological polar surface area (TPSA) is 33.4 Å². The van der Waals surface area contributed by atoms with E-state index in [1.165, 1.54) is 0 Å². The smallest absolute Gasteiger partial charge is 0.0963 e. The first-order chi connectivity index (χ1) is 6.27. The van der Waals surface area contributed by atoms with Gasteiger partial charge in [0.15, 0.2) is 0 Å². The van der Waals surface area contributed by atoms with Crippen LogP contribution in [-0.2, 0) is 5.60 Å². The molecule has 0 aromatic carbocycles. The monoisotopic (exact) mass is 180 g/mol. The number of aliphatic hydroxyl groups is 1. The maximum atomic E-state index is 10.5. The summed E-state index contributed by atoms with van der Waals surface area (Å²) in [6.07, 6.45) is 7.50. The van der Waals surface area contributed by atoms with Crippen molar-refractivity contribution in [3.05, 3.63) is 24.2 Å². The van der Waals surface area contributed by atoms with Gasteiger partial charge in [-0.25, -0.2) is 0 Å². The summed E-state index contributed by atoms with van der Waals surface area (Å²) in [6, 6.07) is 1.88. The van der Waals surface area contributed by atoms with Gasteiger partial charge in [-0.15, -0.1) is 0 Å². The number of hydrogen-bond acceptors (Lipinski definition) is 2. The first-order valence-corrected chi connectivity index (χ1v) is 5.02. The molecule has 1 aliphatic carbocycles. The van der Waals surface area contributed by atoms with Crippen LogP contribution in [0.1, 0.15) is 38.2 Å². The zero-order chi connectivity index (χ0) is 9.31. The summed E-state index contributed by atoms with van der Waals surface area (Å²) in [4.78, 5) is 0. The molecule has 1 aliphatic rings. The summed E-state index contributed by atoms with van der Waals surface area (Å²) in [7, 11) is 0.